The van der Waals surface area contributed by atoms with Gasteiger partial charge in [0.15, 0.2) is 0 Å². The number of hydrogen-bond donors (Lipinski definition) is 1. The smallest absolute Gasteiger partial charge is 0.351 e. The zero-order chi connectivity index (χ0) is 33.0. The quantitative estimate of drug-likeness (QED) is 0.109. The summed E-state index contributed by atoms with van der Waals surface area (Å²) in [4.78, 5) is 53.9. The molecule has 0 saturated carbocycles. The van der Waals surface area contributed by atoms with Gasteiger partial charge in [-0.15, -0.1) is 0 Å². The van der Waals surface area contributed by atoms with Gasteiger partial charge in [-0.2, -0.15) is 0 Å². The van der Waals surface area contributed by atoms with Gasteiger partial charge in [0.25, 0.3) is 5.91 Å². The van der Waals surface area contributed by atoms with Crippen LogP contribution in [0.25, 0.3) is 21.9 Å². The monoisotopic (exact) mass is 643 g/mol. The van der Waals surface area contributed by atoms with Crippen LogP contribution in [-0.4, -0.2) is 55.7 Å². The highest BCUT2D eigenvalue weighted by Gasteiger charge is 2.22. The van der Waals surface area contributed by atoms with Crippen molar-refractivity contribution >= 4 is 56.9 Å². The Bertz CT molecular complexity index is 1990. The molecular weight excluding hydrogens is 610 g/mol. The minimum absolute atomic E-state index is 0.0153. The van der Waals surface area contributed by atoms with Crippen LogP contribution in [0.1, 0.15) is 45.8 Å². The normalized spacial score (nSPS) is 11.1. The Kier molecular flexibility index (Phi) is 9.77. The van der Waals surface area contributed by atoms with E-state index in [-0.39, 0.29) is 37.0 Å². The molecule has 0 atom stereocenters. The number of anilines is 1. The molecule has 2 heterocycles. The molecule has 238 valence electrons. The van der Waals surface area contributed by atoms with Crippen molar-refractivity contribution in [2.45, 2.75) is 27.2 Å². The van der Waals surface area contributed by atoms with E-state index >= 15 is 0 Å². The molecule has 0 spiro atoms. The number of carbonyl (C=O) groups is 3. The lowest BCUT2D eigenvalue weighted by Gasteiger charge is -2.20. The van der Waals surface area contributed by atoms with E-state index in [2.05, 4.69) is 10.2 Å². The molecule has 0 radical (unpaired) electrons. The summed E-state index contributed by atoms with van der Waals surface area (Å²) in [5, 5.41) is 4.56. The van der Waals surface area contributed by atoms with Crippen LogP contribution in [0.2, 0.25) is 5.02 Å². The Hall–Kier alpha value is -5.09. The zero-order valence-corrected chi connectivity index (χ0v) is 26.8. The molecule has 11 heteroatoms. The second-order valence-electron chi connectivity index (χ2n) is 10.6. The van der Waals surface area contributed by atoms with Gasteiger partial charge in [0.1, 0.15) is 23.5 Å². The third kappa shape index (κ3) is 6.62. The number of fused-ring (bicyclic) bond motifs is 2. The summed E-state index contributed by atoms with van der Waals surface area (Å²) < 4.78 is 17.7. The summed E-state index contributed by atoms with van der Waals surface area (Å²) in [6.45, 7) is 7.31. The molecule has 1 N–H and O–H groups in total. The van der Waals surface area contributed by atoms with Crippen molar-refractivity contribution in [3.8, 4) is 5.75 Å². The highest BCUT2D eigenvalue weighted by Crippen LogP contribution is 2.31. The highest BCUT2D eigenvalue weighted by molar-refractivity contribution is 6.30. The second-order valence-corrected chi connectivity index (χ2v) is 11.0. The number of aromatic nitrogens is 1. The van der Waals surface area contributed by atoms with Crippen LogP contribution in [0, 0.1) is 6.92 Å². The van der Waals surface area contributed by atoms with Gasteiger partial charge in [-0.05, 0) is 87.0 Å². The maximum Gasteiger partial charge on any atom is 0.351 e. The van der Waals surface area contributed by atoms with Gasteiger partial charge < -0.3 is 24.1 Å². The molecule has 10 nitrogen and oxygen atoms in total. The van der Waals surface area contributed by atoms with Crippen LogP contribution < -0.4 is 20.6 Å². The third-order valence-electron chi connectivity index (χ3n) is 7.90. The highest BCUT2D eigenvalue weighted by atomic mass is 35.5. The largest absolute Gasteiger partial charge is 0.497 e. The average molecular weight is 644 g/mol. The molecule has 3 aromatic carbocycles. The Morgan fingerprint density at radius 3 is 2.41 bits per heavy atom. The predicted molar refractivity (Wildman–Crippen MR) is 177 cm³/mol. The summed E-state index contributed by atoms with van der Waals surface area (Å²) in [5.41, 5.74) is 2.61. The van der Waals surface area contributed by atoms with Gasteiger partial charge in [-0.25, -0.2) is 9.59 Å². The number of amides is 1. The van der Waals surface area contributed by atoms with E-state index in [1.54, 1.807) is 73.2 Å². The lowest BCUT2D eigenvalue weighted by Crippen LogP contribution is -2.30. The fourth-order valence-electron chi connectivity index (χ4n) is 5.46. The standard InChI is InChI=1S/C35H34ClN3O7/c1-5-38(6-2)25-12-9-23-17-29(35(43)46-31(23)18-25)34(42)45-16-15-37-32(40)20-27-21(3)39(30-14-13-26(44-4)19-28(27)30)33(41)22-7-10-24(36)11-8-22/h7-14,17-19H,5-6,15-16,20H2,1-4H3,(H,37,40). The number of methoxy groups -OCH3 is 1. The molecule has 0 aliphatic rings. The number of esters is 1. The van der Waals surface area contributed by atoms with Gasteiger partial charge in [0.2, 0.25) is 5.91 Å². The number of ether oxygens (including phenoxy) is 2. The Balaban J connectivity index is 1.26. The van der Waals surface area contributed by atoms with Crippen molar-refractivity contribution in [2.24, 2.45) is 0 Å². The lowest BCUT2D eigenvalue weighted by molar-refractivity contribution is -0.120. The number of halogens is 1. The van der Waals surface area contributed by atoms with Crippen molar-refractivity contribution in [3.05, 3.63) is 105 Å². The fraction of sp³-hybridized carbons (Fsp3) is 0.257. The SMILES string of the molecule is CCN(CC)c1ccc2cc(C(=O)OCCNC(=O)Cc3c(C)n(C(=O)c4ccc(Cl)cc4)c4ccc(OC)cc34)c(=O)oc2c1. The fourth-order valence-corrected chi connectivity index (χ4v) is 5.58. The molecule has 5 rings (SSSR count). The Morgan fingerprint density at radius 2 is 1.72 bits per heavy atom. The van der Waals surface area contributed by atoms with Crippen molar-refractivity contribution < 1.29 is 28.3 Å². The first-order chi connectivity index (χ1) is 22.1. The summed E-state index contributed by atoms with van der Waals surface area (Å²) in [6, 6.07) is 18.8. The number of rotatable bonds is 11. The maximum absolute atomic E-state index is 13.5. The number of nitrogens with one attached hydrogen (secondary N) is 1. The van der Waals surface area contributed by atoms with E-state index in [1.165, 1.54) is 6.07 Å². The van der Waals surface area contributed by atoms with Gasteiger partial charge >= 0.3 is 11.6 Å². The molecule has 0 fully saturated rings. The minimum atomic E-state index is -0.843. The van der Waals surface area contributed by atoms with Crippen LogP contribution in [0.15, 0.2) is 75.9 Å². The minimum Gasteiger partial charge on any atom is -0.497 e. The summed E-state index contributed by atoms with van der Waals surface area (Å²) in [5.74, 6) is -0.858. The lowest BCUT2D eigenvalue weighted by atomic mass is 10.1. The van der Waals surface area contributed by atoms with E-state index in [0.29, 0.717) is 49.5 Å². The van der Waals surface area contributed by atoms with Crippen molar-refractivity contribution in [2.75, 3.05) is 38.3 Å². The molecule has 0 aliphatic carbocycles. The van der Waals surface area contributed by atoms with E-state index in [9.17, 15) is 19.2 Å². The molecule has 2 aromatic heterocycles. The Labute approximate surface area is 270 Å². The first kappa shape index (κ1) is 32.3. The van der Waals surface area contributed by atoms with Crippen LogP contribution in [0.3, 0.4) is 0 Å². The van der Waals surface area contributed by atoms with Crippen molar-refractivity contribution in [3.63, 3.8) is 0 Å². The van der Waals surface area contributed by atoms with Gasteiger partial charge in [0.05, 0.1) is 25.6 Å². The first-order valence-corrected chi connectivity index (χ1v) is 15.3. The van der Waals surface area contributed by atoms with Gasteiger partial charge in [0, 0.05) is 51.9 Å². The Morgan fingerprint density at radius 1 is 0.978 bits per heavy atom. The van der Waals surface area contributed by atoms with Crippen molar-refractivity contribution in [1.29, 1.82) is 0 Å². The second kappa shape index (κ2) is 13.9. The molecule has 0 unspecified atom stereocenters. The topological polar surface area (TPSA) is 120 Å². The zero-order valence-electron chi connectivity index (χ0n) is 26.0. The molecular formula is C35H34ClN3O7. The van der Waals surface area contributed by atoms with E-state index < -0.39 is 11.6 Å². The maximum atomic E-state index is 13.5. The number of benzene rings is 3. The van der Waals surface area contributed by atoms with E-state index in [0.717, 1.165) is 18.8 Å². The molecule has 0 bridgehead atoms. The van der Waals surface area contributed by atoms with Crippen LogP contribution in [0.5, 0.6) is 5.75 Å². The summed E-state index contributed by atoms with van der Waals surface area (Å²) in [6.07, 6.45) is -0.0336. The average Bonchev–Trinajstić information content (AvgIpc) is 3.32. The number of carbonyl (C=O) groups excluding carboxylic acids is 3. The molecule has 46 heavy (non-hydrogen) atoms. The molecule has 5 aromatic rings. The van der Waals surface area contributed by atoms with Crippen LogP contribution in [-0.2, 0) is 16.0 Å². The van der Waals surface area contributed by atoms with Crippen LogP contribution in [0.4, 0.5) is 5.69 Å². The van der Waals surface area contributed by atoms with Crippen LogP contribution >= 0.6 is 11.6 Å². The van der Waals surface area contributed by atoms with Gasteiger partial charge in [-0.1, -0.05) is 11.6 Å². The summed E-state index contributed by atoms with van der Waals surface area (Å²) >= 11 is 6.01. The third-order valence-corrected chi connectivity index (χ3v) is 8.15. The van der Waals surface area contributed by atoms with Crippen molar-refractivity contribution in [1.82, 2.24) is 9.88 Å². The summed E-state index contributed by atoms with van der Waals surface area (Å²) in [7, 11) is 1.54. The molecule has 1 amide bonds. The predicted octanol–water partition coefficient (Wildman–Crippen LogP) is 5.77. The molecule has 0 aliphatic heterocycles. The number of hydrogen-bond acceptors (Lipinski definition) is 8. The van der Waals surface area contributed by atoms with E-state index in [4.69, 9.17) is 25.5 Å². The first-order valence-electron chi connectivity index (χ1n) is 14.9. The van der Waals surface area contributed by atoms with E-state index in [1.807, 2.05) is 19.9 Å². The molecule has 0 saturated heterocycles. The van der Waals surface area contributed by atoms with Gasteiger partial charge in [-0.3, -0.25) is 14.2 Å². The number of nitrogens with zero attached hydrogens (tertiary/aromatic N) is 2.